The summed E-state index contributed by atoms with van der Waals surface area (Å²) in [5, 5.41) is 13.0. The van der Waals surface area contributed by atoms with E-state index in [2.05, 4.69) is 5.10 Å². The minimum atomic E-state index is -0.570. The lowest BCUT2D eigenvalue weighted by atomic mass is 10.3. The molecule has 1 aromatic heterocycles. The average molecular weight is 141 g/mol. The van der Waals surface area contributed by atoms with Gasteiger partial charge < -0.3 is 10.1 Å². The number of rotatable bonds is 2. The number of nitrogens with zero attached hydrogens (tertiary/aromatic N) is 3. The highest BCUT2D eigenvalue weighted by Crippen LogP contribution is 1.96. The van der Waals surface area contributed by atoms with Gasteiger partial charge in [-0.15, -0.1) is 0 Å². The molecule has 0 unspecified atom stereocenters. The van der Waals surface area contributed by atoms with Gasteiger partial charge in [0, 0.05) is 15.5 Å². The van der Waals surface area contributed by atoms with Gasteiger partial charge in [-0.05, 0) is 6.42 Å². The van der Waals surface area contributed by atoms with E-state index in [-0.39, 0.29) is 0 Å². The third-order valence-corrected chi connectivity index (χ3v) is 1.20. The molecule has 54 valence electrons. The van der Waals surface area contributed by atoms with Crippen LogP contribution in [0.5, 0.6) is 0 Å². The van der Waals surface area contributed by atoms with Gasteiger partial charge in [0.1, 0.15) is 6.20 Å². The van der Waals surface area contributed by atoms with Crippen LogP contribution in [0.3, 0.4) is 0 Å². The predicted molar refractivity (Wildman–Crippen MR) is 34.0 cm³/mol. The van der Waals surface area contributed by atoms with Crippen LogP contribution in [0.15, 0.2) is 12.4 Å². The molecule has 1 heterocycles. The van der Waals surface area contributed by atoms with Crippen molar-refractivity contribution in [2.75, 3.05) is 0 Å². The van der Waals surface area contributed by atoms with Gasteiger partial charge in [0.15, 0.2) is 6.20 Å². The molecular formula is C5H7N3O2. The van der Waals surface area contributed by atoms with Crippen LogP contribution in [0, 0.1) is 10.1 Å². The summed E-state index contributed by atoms with van der Waals surface area (Å²) >= 11 is 0. The number of hydrogen-bond acceptors (Lipinski definition) is 3. The number of nitro groups is 1. The zero-order valence-corrected chi connectivity index (χ0v) is 5.52. The molecule has 0 fully saturated rings. The molecular weight excluding hydrogens is 134 g/mol. The lowest BCUT2D eigenvalue weighted by Gasteiger charge is -1.87. The van der Waals surface area contributed by atoms with Crippen LogP contribution in [0.2, 0.25) is 0 Å². The van der Waals surface area contributed by atoms with Gasteiger partial charge in [0.05, 0.1) is 5.03 Å². The van der Waals surface area contributed by atoms with Crippen molar-refractivity contribution in [1.29, 1.82) is 0 Å². The predicted octanol–water partition coefficient (Wildman–Crippen LogP) is 0.485. The monoisotopic (exact) mass is 141 g/mol. The molecule has 0 saturated heterocycles. The molecule has 0 aliphatic heterocycles. The summed E-state index contributed by atoms with van der Waals surface area (Å²) < 4.78 is 0. The Morgan fingerprint density at radius 2 is 2.60 bits per heavy atom. The Kier molecular flexibility index (Phi) is 1.66. The molecule has 0 amide bonds. The second kappa shape index (κ2) is 2.47. The lowest BCUT2D eigenvalue weighted by molar-refractivity contribution is -0.552. The molecule has 0 N–H and O–H groups in total. The number of aromatic nitrogens is 2. The molecule has 1 aromatic rings. The van der Waals surface area contributed by atoms with Crippen molar-refractivity contribution in [3.05, 3.63) is 28.1 Å². The van der Waals surface area contributed by atoms with Crippen molar-refractivity contribution < 1.29 is 5.03 Å². The van der Waals surface area contributed by atoms with Gasteiger partial charge in [-0.3, -0.25) is 0 Å². The van der Waals surface area contributed by atoms with E-state index in [4.69, 9.17) is 0 Å². The van der Waals surface area contributed by atoms with E-state index in [1.54, 1.807) is 0 Å². The van der Waals surface area contributed by atoms with E-state index in [0.29, 0.717) is 4.79 Å². The van der Waals surface area contributed by atoms with E-state index >= 15 is 0 Å². The molecule has 5 heteroatoms. The summed E-state index contributed by atoms with van der Waals surface area (Å²) in [6, 6.07) is 0. The Bertz CT molecular complexity index is 243. The lowest BCUT2D eigenvalue weighted by Crippen LogP contribution is -2.07. The minimum Gasteiger partial charge on any atom is -0.339 e. The van der Waals surface area contributed by atoms with Gasteiger partial charge in [0.2, 0.25) is 0 Å². The van der Waals surface area contributed by atoms with Crippen LogP contribution in [-0.4, -0.2) is 14.9 Å². The van der Waals surface area contributed by atoms with Crippen LogP contribution >= 0.6 is 0 Å². The van der Waals surface area contributed by atoms with Gasteiger partial charge in [0.25, 0.3) is 0 Å². The highest BCUT2D eigenvalue weighted by molar-refractivity contribution is 5.01. The van der Waals surface area contributed by atoms with Gasteiger partial charge in [-0.2, -0.15) is 0 Å². The molecule has 0 radical (unpaired) electrons. The van der Waals surface area contributed by atoms with Crippen LogP contribution < -0.4 is 0 Å². The zero-order chi connectivity index (χ0) is 7.56. The Balaban J connectivity index is 2.88. The summed E-state index contributed by atoms with van der Waals surface area (Å²) in [6.07, 6.45) is 3.66. The molecule has 10 heavy (non-hydrogen) atoms. The maximum Gasteiger partial charge on any atom is 0.170 e. The van der Waals surface area contributed by atoms with Crippen LogP contribution in [0.25, 0.3) is 0 Å². The smallest absolute Gasteiger partial charge is 0.170 e. The molecule has 0 bridgehead atoms. The maximum atomic E-state index is 10.0. The first-order valence-corrected chi connectivity index (χ1v) is 2.92. The van der Waals surface area contributed by atoms with E-state index in [0.717, 1.165) is 12.0 Å². The Hall–Kier alpha value is -1.39. The molecule has 0 aromatic carbocycles. The summed E-state index contributed by atoms with van der Waals surface area (Å²) in [5.74, 6) is 0. The largest absolute Gasteiger partial charge is 0.339 e. The summed E-state index contributed by atoms with van der Waals surface area (Å²) in [4.78, 5) is 10.7. The van der Waals surface area contributed by atoms with Crippen LogP contribution in [0.4, 0.5) is 0 Å². The SMILES string of the molecule is CCc1cnn([N+](=O)[O-])c1. The quantitative estimate of drug-likeness (QED) is 0.444. The standard InChI is InChI=1S/C5H7N3O2/c1-2-5-3-6-7(4-5)8(9)10/h3-4H,2H2,1H3. The average Bonchev–Trinajstić information content (AvgIpc) is 2.34. The first-order chi connectivity index (χ1) is 4.74. The fourth-order valence-electron chi connectivity index (χ4n) is 0.620. The first-order valence-electron chi connectivity index (χ1n) is 2.92. The Labute approximate surface area is 57.4 Å². The van der Waals surface area contributed by atoms with Crippen molar-refractivity contribution in [2.24, 2.45) is 0 Å². The van der Waals surface area contributed by atoms with Crippen molar-refractivity contribution in [1.82, 2.24) is 9.89 Å². The van der Waals surface area contributed by atoms with Crippen molar-refractivity contribution >= 4 is 0 Å². The second-order valence-electron chi connectivity index (χ2n) is 1.86. The third kappa shape index (κ3) is 1.12. The van der Waals surface area contributed by atoms with E-state index < -0.39 is 5.03 Å². The Morgan fingerprint density at radius 3 is 2.90 bits per heavy atom. The zero-order valence-electron chi connectivity index (χ0n) is 5.52. The normalized spacial score (nSPS) is 9.70. The topological polar surface area (TPSA) is 61.0 Å². The minimum absolute atomic E-state index is 0.570. The van der Waals surface area contributed by atoms with E-state index in [1.807, 2.05) is 6.92 Å². The molecule has 0 aliphatic rings. The summed E-state index contributed by atoms with van der Waals surface area (Å²) in [6.45, 7) is 1.92. The molecule has 0 aliphatic carbocycles. The van der Waals surface area contributed by atoms with E-state index in [1.165, 1.54) is 12.4 Å². The first kappa shape index (κ1) is 6.73. The summed E-state index contributed by atoms with van der Waals surface area (Å²) in [7, 11) is 0. The number of hydrogen-bond donors (Lipinski definition) is 0. The van der Waals surface area contributed by atoms with Gasteiger partial charge in [-0.25, -0.2) is 0 Å². The highest BCUT2D eigenvalue weighted by atomic mass is 16.7. The fraction of sp³-hybridized carbons (Fsp3) is 0.400. The molecule has 0 atom stereocenters. The molecule has 1 rings (SSSR count). The highest BCUT2D eigenvalue weighted by Gasteiger charge is 2.03. The van der Waals surface area contributed by atoms with Gasteiger partial charge >= 0.3 is 0 Å². The van der Waals surface area contributed by atoms with Crippen LogP contribution in [0.1, 0.15) is 12.5 Å². The van der Waals surface area contributed by atoms with Gasteiger partial charge in [-0.1, -0.05) is 6.92 Å². The van der Waals surface area contributed by atoms with Crippen molar-refractivity contribution in [2.45, 2.75) is 13.3 Å². The van der Waals surface area contributed by atoms with E-state index in [9.17, 15) is 10.1 Å². The summed E-state index contributed by atoms with van der Waals surface area (Å²) in [5.41, 5.74) is 0.872. The van der Waals surface area contributed by atoms with Crippen LogP contribution in [-0.2, 0) is 6.42 Å². The molecule has 0 saturated carbocycles. The second-order valence-corrected chi connectivity index (χ2v) is 1.86. The number of aryl methyl sites for hydroxylation is 1. The molecule has 0 spiro atoms. The Morgan fingerprint density at radius 1 is 1.90 bits per heavy atom. The van der Waals surface area contributed by atoms with Crippen molar-refractivity contribution in [3.8, 4) is 0 Å². The fourth-order valence-corrected chi connectivity index (χ4v) is 0.620. The third-order valence-electron chi connectivity index (χ3n) is 1.20. The molecule has 5 nitrogen and oxygen atoms in total. The maximum absolute atomic E-state index is 10.0. The van der Waals surface area contributed by atoms with Crippen molar-refractivity contribution in [3.63, 3.8) is 0 Å².